The maximum absolute atomic E-state index is 14.2. The summed E-state index contributed by atoms with van der Waals surface area (Å²) in [5, 5.41) is 52.6. The molecule has 1 saturated heterocycles. The first-order valence-electron chi connectivity index (χ1n) is 19.3. The van der Waals surface area contributed by atoms with Gasteiger partial charge in [0.2, 0.25) is 5.91 Å². The summed E-state index contributed by atoms with van der Waals surface area (Å²) in [5.41, 5.74) is 7.42. The number of likely N-dealkylation sites (N-methyl/N-ethyl adjacent to an activating group) is 1. The van der Waals surface area contributed by atoms with Crippen LogP contribution in [0.3, 0.4) is 0 Å². The van der Waals surface area contributed by atoms with Gasteiger partial charge in [-0.2, -0.15) is 0 Å². The molecule has 1 fully saturated rings. The Kier molecular flexibility index (Phi) is 15.5. The molecular formula is C42H55N7O7Pd. The first kappa shape index (κ1) is 45.4. The molecule has 5 aliphatic heterocycles. The van der Waals surface area contributed by atoms with E-state index in [1.807, 2.05) is 58.0 Å². The van der Waals surface area contributed by atoms with Gasteiger partial charge >= 0.3 is 26.4 Å². The molecule has 15 heteroatoms. The maximum Gasteiger partial charge on any atom is 2.00 e. The van der Waals surface area contributed by atoms with Crippen molar-refractivity contribution >= 4 is 34.9 Å². The van der Waals surface area contributed by atoms with Crippen LogP contribution in [0, 0.1) is 23.7 Å². The zero-order valence-corrected chi connectivity index (χ0v) is 35.8. The van der Waals surface area contributed by atoms with Crippen molar-refractivity contribution in [2.75, 3.05) is 47.4 Å². The third-order valence-electron chi connectivity index (χ3n) is 11.2. The fourth-order valence-electron chi connectivity index (χ4n) is 7.87. The quantitative estimate of drug-likeness (QED) is 0.0703. The summed E-state index contributed by atoms with van der Waals surface area (Å²) in [4.78, 5) is 48.0. The fourth-order valence-corrected chi connectivity index (χ4v) is 7.87. The van der Waals surface area contributed by atoms with Crippen molar-refractivity contribution in [3.8, 4) is 0 Å². The second-order valence-corrected chi connectivity index (χ2v) is 15.3. The molecular weight excluding hydrogens is 821 g/mol. The minimum Gasteiger partial charge on any atom is -0.875 e. The number of nitrogens with zero attached hydrogens (tertiary/aromatic N) is 5. The van der Waals surface area contributed by atoms with Gasteiger partial charge in [-0.25, -0.2) is 9.98 Å². The molecule has 5 rings (SSSR count). The molecule has 5 heterocycles. The van der Waals surface area contributed by atoms with E-state index in [-0.39, 0.29) is 87.0 Å². The maximum atomic E-state index is 14.2. The van der Waals surface area contributed by atoms with E-state index in [4.69, 9.17) is 19.7 Å². The molecule has 0 aliphatic carbocycles. The normalized spacial score (nSPS) is 24.7. The van der Waals surface area contributed by atoms with E-state index in [0.717, 1.165) is 17.8 Å². The van der Waals surface area contributed by atoms with E-state index in [1.54, 1.807) is 0 Å². The third kappa shape index (κ3) is 9.90. The number of methoxy groups -OCH3 is 1. The Morgan fingerprint density at radius 1 is 1.04 bits per heavy atom. The van der Waals surface area contributed by atoms with Crippen LogP contribution >= 0.6 is 0 Å². The number of hydrogen-bond donors (Lipinski definition) is 4. The van der Waals surface area contributed by atoms with Gasteiger partial charge in [0, 0.05) is 71.4 Å². The van der Waals surface area contributed by atoms with E-state index >= 15 is 0 Å². The third-order valence-corrected chi connectivity index (χ3v) is 11.2. The summed E-state index contributed by atoms with van der Waals surface area (Å²) in [6.45, 7) is 11.7. The van der Waals surface area contributed by atoms with Crippen molar-refractivity contribution in [1.29, 1.82) is 0 Å². The van der Waals surface area contributed by atoms with Crippen molar-refractivity contribution in [3.63, 3.8) is 0 Å². The number of hydrogen-bond acceptors (Lipinski definition) is 13. The molecule has 14 nitrogen and oxygen atoms in total. The summed E-state index contributed by atoms with van der Waals surface area (Å²) in [6, 6.07) is 0. The van der Waals surface area contributed by atoms with Crippen LogP contribution in [-0.2, 0) is 34.7 Å². The minimum absolute atomic E-state index is 0. The molecule has 8 bridgehead atoms. The molecule has 5 atom stereocenters. The predicted octanol–water partition coefficient (Wildman–Crippen LogP) is 2.14. The van der Waals surface area contributed by atoms with E-state index < -0.39 is 30.5 Å². The van der Waals surface area contributed by atoms with E-state index in [1.165, 1.54) is 14.0 Å². The van der Waals surface area contributed by atoms with Gasteiger partial charge in [0.1, 0.15) is 0 Å². The summed E-state index contributed by atoms with van der Waals surface area (Å²) in [5.74, 6) is -2.05. The number of carbonyl (C=O) groups is 2. The second kappa shape index (κ2) is 19.5. The molecule has 5 aliphatic rings. The van der Waals surface area contributed by atoms with Gasteiger partial charge < -0.3 is 40.7 Å². The molecule has 0 aromatic heterocycles. The molecule has 0 aromatic carbocycles. The second-order valence-electron chi connectivity index (χ2n) is 15.3. The van der Waals surface area contributed by atoms with Gasteiger partial charge in [-0.1, -0.05) is 27.7 Å². The smallest absolute Gasteiger partial charge is 0.875 e. The van der Waals surface area contributed by atoms with Crippen LogP contribution in [0.5, 0.6) is 0 Å². The molecule has 4 N–H and O–H groups in total. The summed E-state index contributed by atoms with van der Waals surface area (Å²) in [6.07, 6.45) is 5.56. The average molecular weight is 876 g/mol. The molecule has 1 amide bonds. The Bertz CT molecular complexity index is 1990. The molecule has 1 unspecified atom stereocenters. The molecule has 0 aromatic rings. The SMILES string of the molecule is CC[C@H]1C2=CC3=NC(=C(CC(=O)OC)C4=NC(=CC5=C(C)/C(=C(/C)[O-])C(=N5)C=C(N2)[C@@H]1C)[C@@H](C)[C@@H]4CCC(=O)NCC(O)CO)C(C([O-])=NCCN(C)C)=C3C.[Pd+2]. The van der Waals surface area contributed by atoms with E-state index in [9.17, 15) is 30.0 Å². The van der Waals surface area contributed by atoms with Crippen LogP contribution in [0.25, 0.3) is 0 Å². The zero-order valence-electron chi connectivity index (χ0n) is 34.3. The molecule has 0 spiro atoms. The summed E-state index contributed by atoms with van der Waals surface area (Å²) in [7, 11) is 5.10. The first-order chi connectivity index (χ1) is 26.6. The predicted molar refractivity (Wildman–Crippen MR) is 213 cm³/mol. The van der Waals surface area contributed by atoms with Crippen LogP contribution in [0.1, 0.15) is 67.2 Å². The van der Waals surface area contributed by atoms with Gasteiger partial charge in [-0.3, -0.25) is 19.6 Å². The average Bonchev–Trinajstić information content (AvgIpc) is 3.84. The number of fused-ring (bicyclic) bond motifs is 5. The monoisotopic (exact) mass is 875 g/mol. The standard InChI is InChI=1S/C42H57N7O7.Pd/c1-10-27-21(2)30-18-35-38(25(6)51)23(4)32(46-35)16-31-22(3)28(11-12-36(53)44-19-26(52)20-50)40(47-31)29(15-37(54)56-9)41-39(42(55)43-13-14-49(7)8)24(5)33(48-41)17-34(27)45-30;/h16-18,21-22,26-28,45,50-52H,10-15,19-20H2,1-9H3,(H,43,55)(H,44,53);/q;+2/p-2/b30-18?,31-16?,34-17?,38-25+,41-29?;/t21-,22+,26?,27-,28+;/m1./s1. The largest absolute Gasteiger partial charge is 2.00 e. The summed E-state index contributed by atoms with van der Waals surface area (Å²) < 4.78 is 5.20. The number of allylic oxidation sites excluding steroid dienone is 10. The molecule has 0 saturated carbocycles. The first-order valence-corrected chi connectivity index (χ1v) is 19.3. The van der Waals surface area contributed by atoms with Gasteiger partial charge in [-0.05, 0) is 81.6 Å². The number of ether oxygens (including phenoxy) is 1. The van der Waals surface area contributed by atoms with Crippen molar-refractivity contribution in [3.05, 3.63) is 80.3 Å². The van der Waals surface area contributed by atoms with Crippen molar-refractivity contribution in [2.45, 2.75) is 73.3 Å². The van der Waals surface area contributed by atoms with Crippen molar-refractivity contribution in [1.82, 2.24) is 15.5 Å². The van der Waals surface area contributed by atoms with Crippen LogP contribution in [0.2, 0.25) is 0 Å². The number of rotatable bonds is 13. The van der Waals surface area contributed by atoms with Crippen LogP contribution < -0.4 is 20.8 Å². The topological polar surface area (TPSA) is 207 Å². The van der Waals surface area contributed by atoms with E-state index in [0.29, 0.717) is 63.8 Å². The van der Waals surface area contributed by atoms with Gasteiger partial charge in [0.25, 0.3) is 0 Å². The van der Waals surface area contributed by atoms with Gasteiger partial charge in [-0.15, -0.1) is 5.76 Å². The Hall–Kier alpha value is -4.26. The minimum atomic E-state index is -1.09. The van der Waals surface area contributed by atoms with Crippen LogP contribution in [0.15, 0.2) is 100 Å². The molecule has 57 heavy (non-hydrogen) atoms. The fraction of sp³-hybridized carbons (Fsp3) is 0.524. The Morgan fingerprint density at radius 3 is 2.37 bits per heavy atom. The number of esters is 1. The van der Waals surface area contributed by atoms with Crippen LogP contribution in [-0.4, -0.2) is 104 Å². The van der Waals surface area contributed by atoms with E-state index in [2.05, 4.69) is 29.5 Å². The van der Waals surface area contributed by atoms with Crippen LogP contribution in [0.4, 0.5) is 0 Å². The van der Waals surface area contributed by atoms with Gasteiger partial charge in [0.15, 0.2) is 0 Å². The number of amides is 1. The Labute approximate surface area is 349 Å². The number of aliphatic hydroxyl groups is 2. The number of carbonyl (C=O) groups excluding carboxylic acids is 2. The molecule has 310 valence electrons. The van der Waals surface area contributed by atoms with Crippen molar-refractivity contribution in [2.24, 2.45) is 43.6 Å². The summed E-state index contributed by atoms with van der Waals surface area (Å²) >= 11 is 0. The Morgan fingerprint density at radius 2 is 1.74 bits per heavy atom. The van der Waals surface area contributed by atoms with Gasteiger partial charge in [0.05, 0.1) is 61.3 Å². The number of aliphatic hydroxyl groups excluding tert-OH is 2. The number of nitrogens with one attached hydrogen (secondary N) is 2. The van der Waals surface area contributed by atoms with Crippen molar-refractivity contribution < 1.29 is 55.2 Å². The zero-order chi connectivity index (χ0) is 41.0. The molecule has 0 radical (unpaired) electrons. The Balaban J connectivity index is 0.00000720. The number of aliphatic imine (C=N–C) groups is 4.